The molecular formula is C24H41N3O3. The molecule has 6 heteroatoms. The second kappa shape index (κ2) is 13.8. The number of hydrogen-bond donors (Lipinski definition) is 2. The van der Waals surface area contributed by atoms with Gasteiger partial charge in [0, 0.05) is 18.3 Å². The Bertz CT molecular complexity index is 708. The Hall–Kier alpha value is -2.37. The van der Waals surface area contributed by atoms with Gasteiger partial charge in [0.1, 0.15) is 11.4 Å². The number of alkyl carbamates (subject to hydrolysis) is 1. The van der Waals surface area contributed by atoms with Gasteiger partial charge in [-0.3, -0.25) is 10.1 Å². The van der Waals surface area contributed by atoms with Crippen LogP contribution in [0.4, 0.5) is 4.79 Å². The predicted molar refractivity (Wildman–Crippen MR) is 126 cm³/mol. The summed E-state index contributed by atoms with van der Waals surface area (Å²) in [6.07, 6.45) is 6.38. The van der Waals surface area contributed by atoms with Gasteiger partial charge in [0.2, 0.25) is 5.91 Å². The standard InChI is InChI=1S/C22H35N3O3.C2H6/c1-8-15(3)18(13-17-11-10-12-23-20(17)26)14-24-19(16(4)9-2)25-21(27)28-22(5,6)7;1-2/h13-14H,8-12H2,1-7H3,(H,23,26)(H,25,27);1-2H3/b17-13+,18-15+,19-16?,24-14-;. The van der Waals surface area contributed by atoms with Crippen molar-refractivity contribution in [1.82, 2.24) is 10.6 Å². The molecule has 170 valence electrons. The van der Waals surface area contributed by atoms with Crippen LogP contribution in [0, 0.1) is 0 Å². The highest BCUT2D eigenvalue weighted by molar-refractivity contribution is 5.97. The van der Waals surface area contributed by atoms with Gasteiger partial charge in [-0.15, -0.1) is 0 Å². The van der Waals surface area contributed by atoms with E-state index in [2.05, 4.69) is 22.5 Å². The number of aliphatic imine (C=N–C) groups is 1. The van der Waals surface area contributed by atoms with Crippen LogP contribution in [0.5, 0.6) is 0 Å². The number of amides is 2. The van der Waals surface area contributed by atoms with Crippen LogP contribution in [0.15, 0.2) is 39.2 Å². The van der Waals surface area contributed by atoms with Crippen molar-refractivity contribution in [2.75, 3.05) is 6.54 Å². The van der Waals surface area contributed by atoms with Gasteiger partial charge in [0.15, 0.2) is 0 Å². The highest BCUT2D eigenvalue weighted by Crippen LogP contribution is 2.17. The molecule has 0 saturated carbocycles. The third kappa shape index (κ3) is 10.4. The maximum Gasteiger partial charge on any atom is 0.413 e. The van der Waals surface area contributed by atoms with E-state index in [0.717, 1.165) is 54.5 Å². The van der Waals surface area contributed by atoms with Gasteiger partial charge in [-0.2, -0.15) is 0 Å². The Balaban J connectivity index is 0.00000407. The average molecular weight is 420 g/mol. The van der Waals surface area contributed by atoms with Crippen LogP contribution in [-0.4, -0.2) is 30.4 Å². The van der Waals surface area contributed by atoms with Crippen LogP contribution in [0.25, 0.3) is 0 Å². The number of hydrogen-bond acceptors (Lipinski definition) is 4. The van der Waals surface area contributed by atoms with Crippen molar-refractivity contribution in [3.8, 4) is 0 Å². The van der Waals surface area contributed by atoms with E-state index in [-0.39, 0.29) is 5.91 Å². The summed E-state index contributed by atoms with van der Waals surface area (Å²) in [5.41, 5.74) is 3.14. The van der Waals surface area contributed by atoms with Crippen molar-refractivity contribution in [2.45, 2.75) is 93.6 Å². The topological polar surface area (TPSA) is 79.8 Å². The van der Waals surface area contributed by atoms with E-state index in [4.69, 9.17) is 4.74 Å². The summed E-state index contributed by atoms with van der Waals surface area (Å²) in [6.45, 7) is 18.2. The zero-order valence-corrected chi connectivity index (χ0v) is 20.4. The van der Waals surface area contributed by atoms with Crippen molar-refractivity contribution in [2.24, 2.45) is 4.99 Å². The first-order chi connectivity index (χ1) is 14.1. The summed E-state index contributed by atoms with van der Waals surface area (Å²) < 4.78 is 5.34. The minimum Gasteiger partial charge on any atom is -0.444 e. The molecule has 2 N–H and O–H groups in total. The van der Waals surface area contributed by atoms with E-state index < -0.39 is 11.7 Å². The number of ether oxygens (including phenoxy) is 1. The molecule has 0 spiro atoms. The van der Waals surface area contributed by atoms with Crippen LogP contribution in [0.3, 0.4) is 0 Å². The van der Waals surface area contributed by atoms with E-state index in [9.17, 15) is 9.59 Å². The second-order valence-electron chi connectivity index (χ2n) is 7.99. The SMILES string of the molecule is CC.CCC(C)=C(\N=C/C(/C=C1\CCCNC1=O)=C(\C)CC)NC(=O)OC(C)(C)C. The maximum absolute atomic E-state index is 12.2. The molecule has 1 fully saturated rings. The molecule has 0 bridgehead atoms. The van der Waals surface area contributed by atoms with E-state index in [0.29, 0.717) is 5.82 Å². The van der Waals surface area contributed by atoms with Crippen molar-refractivity contribution < 1.29 is 14.3 Å². The molecule has 1 rings (SSSR count). The van der Waals surface area contributed by atoms with E-state index in [1.54, 1.807) is 6.21 Å². The lowest BCUT2D eigenvalue weighted by Gasteiger charge is -2.20. The normalized spacial score (nSPS) is 17.5. The molecule has 0 aromatic rings. The molecule has 1 saturated heterocycles. The Kier molecular flexibility index (Phi) is 12.7. The third-order valence-electron chi connectivity index (χ3n) is 4.44. The fraction of sp³-hybridized carbons (Fsp3) is 0.625. The van der Waals surface area contributed by atoms with Crippen molar-refractivity contribution >= 4 is 18.2 Å². The first-order valence-corrected chi connectivity index (χ1v) is 11.0. The molecule has 0 aromatic carbocycles. The molecule has 2 amide bonds. The largest absolute Gasteiger partial charge is 0.444 e. The Morgan fingerprint density at radius 3 is 2.27 bits per heavy atom. The lowest BCUT2D eigenvalue weighted by molar-refractivity contribution is -0.118. The summed E-state index contributed by atoms with van der Waals surface area (Å²) in [5.74, 6) is 0.457. The molecule has 6 nitrogen and oxygen atoms in total. The fourth-order valence-electron chi connectivity index (χ4n) is 2.46. The van der Waals surface area contributed by atoms with Gasteiger partial charge in [-0.25, -0.2) is 9.79 Å². The molecule has 0 aliphatic carbocycles. The summed E-state index contributed by atoms with van der Waals surface area (Å²) in [6, 6.07) is 0. The Labute approximate surface area is 182 Å². The Morgan fingerprint density at radius 1 is 1.17 bits per heavy atom. The number of piperidine rings is 1. The predicted octanol–water partition coefficient (Wildman–Crippen LogP) is 5.81. The monoisotopic (exact) mass is 419 g/mol. The number of rotatable bonds is 6. The number of carbonyl (C=O) groups is 2. The smallest absolute Gasteiger partial charge is 0.413 e. The van der Waals surface area contributed by atoms with Gasteiger partial charge in [-0.1, -0.05) is 33.3 Å². The molecule has 0 radical (unpaired) electrons. The van der Waals surface area contributed by atoms with Gasteiger partial charge in [0.25, 0.3) is 0 Å². The van der Waals surface area contributed by atoms with E-state index >= 15 is 0 Å². The van der Waals surface area contributed by atoms with Crippen molar-refractivity contribution in [3.05, 3.63) is 34.2 Å². The summed E-state index contributed by atoms with van der Waals surface area (Å²) in [4.78, 5) is 28.8. The lowest BCUT2D eigenvalue weighted by Crippen LogP contribution is -2.32. The zero-order valence-electron chi connectivity index (χ0n) is 20.4. The first-order valence-electron chi connectivity index (χ1n) is 11.0. The molecule has 1 heterocycles. The van der Waals surface area contributed by atoms with Crippen molar-refractivity contribution in [3.63, 3.8) is 0 Å². The fourth-order valence-corrected chi connectivity index (χ4v) is 2.46. The summed E-state index contributed by atoms with van der Waals surface area (Å²) >= 11 is 0. The molecule has 0 unspecified atom stereocenters. The van der Waals surface area contributed by atoms with Gasteiger partial charge in [0.05, 0.1) is 0 Å². The van der Waals surface area contributed by atoms with Crippen LogP contribution in [0.1, 0.15) is 88.0 Å². The highest BCUT2D eigenvalue weighted by Gasteiger charge is 2.18. The Morgan fingerprint density at radius 2 is 1.77 bits per heavy atom. The van der Waals surface area contributed by atoms with Gasteiger partial charge in [-0.05, 0) is 77.5 Å². The molecule has 1 aliphatic rings. The number of allylic oxidation sites excluding steroid dienone is 4. The molecule has 0 aromatic heterocycles. The minimum atomic E-state index is -0.582. The maximum atomic E-state index is 12.2. The number of carbonyl (C=O) groups excluding carboxylic acids is 2. The number of nitrogens with one attached hydrogen (secondary N) is 2. The molecule has 1 aliphatic heterocycles. The molecule has 30 heavy (non-hydrogen) atoms. The molecule has 0 atom stereocenters. The second-order valence-corrected chi connectivity index (χ2v) is 7.99. The third-order valence-corrected chi connectivity index (χ3v) is 4.44. The minimum absolute atomic E-state index is 0.0200. The van der Waals surface area contributed by atoms with Gasteiger partial charge >= 0.3 is 6.09 Å². The van der Waals surface area contributed by atoms with Crippen molar-refractivity contribution in [1.29, 1.82) is 0 Å². The van der Waals surface area contributed by atoms with E-state index in [1.807, 2.05) is 61.5 Å². The number of nitrogens with zero attached hydrogens (tertiary/aromatic N) is 1. The van der Waals surface area contributed by atoms with Gasteiger partial charge < -0.3 is 10.1 Å². The van der Waals surface area contributed by atoms with Crippen LogP contribution < -0.4 is 10.6 Å². The quantitative estimate of drug-likeness (QED) is 0.421. The van der Waals surface area contributed by atoms with Crippen LogP contribution in [-0.2, 0) is 9.53 Å². The average Bonchev–Trinajstić information content (AvgIpc) is 2.70. The lowest BCUT2D eigenvalue weighted by atomic mass is 10.00. The zero-order chi connectivity index (χ0) is 23.3. The summed E-state index contributed by atoms with van der Waals surface area (Å²) in [5, 5.41) is 5.62. The van der Waals surface area contributed by atoms with E-state index in [1.165, 1.54) is 0 Å². The highest BCUT2D eigenvalue weighted by atomic mass is 16.6. The van der Waals surface area contributed by atoms with Crippen LogP contribution in [0.2, 0.25) is 0 Å². The van der Waals surface area contributed by atoms with Crippen LogP contribution >= 0.6 is 0 Å². The summed E-state index contributed by atoms with van der Waals surface area (Å²) in [7, 11) is 0. The first kappa shape index (κ1) is 27.6. The molecular weight excluding hydrogens is 378 g/mol.